The van der Waals surface area contributed by atoms with E-state index in [1.165, 1.54) is 38.5 Å². The second-order valence-electron chi connectivity index (χ2n) is 4.86. The molecule has 15 heavy (non-hydrogen) atoms. The van der Waals surface area contributed by atoms with Crippen LogP contribution in [0.4, 0.5) is 0 Å². The second kappa shape index (κ2) is 5.33. The lowest BCUT2D eigenvalue weighted by atomic mass is 10.1. The molecule has 1 atom stereocenters. The predicted molar refractivity (Wildman–Crippen MR) is 65.1 cm³/mol. The minimum absolute atomic E-state index is 0.426. The van der Waals surface area contributed by atoms with Gasteiger partial charge in [0.15, 0.2) is 0 Å². The highest BCUT2D eigenvalue weighted by molar-refractivity contribution is 9.09. The van der Waals surface area contributed by atoms with E-state index in [0.717, 1.165) is 24.2 Å². The first kappa shape index (κ1) is 11.4. The van der Waals surface area contributed by atoms with Crippen molar-refractivity contribution < 1.29 is 4.79 Å². The van der Waals surface area contributed by atoms with E-state index in [1.54, 1.807) is 0 Å². The molecule has 2 rings (SSSR count). The maximum absolute atomic E-state index is 12.0. The smallest absolute Gasteiger partial charge is 0.223 e. The van der Waals surface area contributed by atoms with Gasteiger partial charge in [0, 0.05) is 24.3 Å². The summed E-state index contributed by atoms with van der Waals surface area (Å²) in [6.07, 6.45) is 8.20. The summed E-state index contributed by atoms with van der Waals surface area (Å²) < 4.78 is 0. The molecule has 2 nitrogen and oxygen atoms in total. The average Bonchev–Trinajstić information content (AvgIpc) is 2.91. The van der Waals surface area contributed by atoms with Gasteiger partial charge in [-0.05, 0) is 44.4 Å². The number of hydrogen-bond acceptors (Lipinski definition) is 1. The Morgan fingerprint density at radius 2 is 2.13 bits per heavy atom. The molecule has 0 aromatic carbocycles. The van der Waals surface area contributed by atoms with Gasteiger partial charge < -0.3 is 4.90 Å². The van der Waals surface area contributed by atoms with Crippen LogP contribution in [0.2, 0.25) is 0 Å². The van der Waals surface area contributed by atoms with Crippen molar-refractivity contribution in [2.45, 2.75) is 51.0 Å². The van der Waals surface area contributed by atoms with Crippen molar-refractivity contribution in [1.29, 1.82) is 0 Å². The molecule has 0 aromatic rings. The molecule has 1 amide bonds. The van der Waals surface area contributed by atoms with Gasteiger partial charge in [0.05, 0.1) is 0 Å². The topological polar surface area (TPSA) is 20.3 Å². The van der Waals surface area contributed by atoms with Gasteiger partial charge >= 0.3 is 0 Å². The number of likely N-dealkylation sites (tertiary alicyclic amines) is 1. The monoisotopic (exact) mass is 273 g/mol. The molecule has 0 aromatic heterocycles. The van der Waals surface area contributed by atoms with Crippen LogP contribution in [0.1, 0.15) is 44.9 Å². The molecule has 1 aliphatic carbocycles. The molecule has 1 heterocycles. The maximum atomic E-state index is 12.0. The normalized spacial score (nSPS) is 25.9. The molecule has 86 valence electrons. The first-order valence-corrected chi connectivity index (χ1v) is 7.29. The Hall–Kier alpha value is -0.0500. The maximum Gasteiger partial charge on any atom is 0.223 e. The molecule has 1 saturated carbocycles. The highest BCUT2D eigenvalue weighted by Gasteiger charge is 2.32. The summed E-state index contributed by atoms with van der Waals surface area (Å²) >= 11 is 3.46. The number of nitrogens with zero attached hydrogens (tertiary/aromatic N) is 1. The fourth-order valence-electron chi connectivity index (χ4n) is 2.46. The van der Waals surface area contributed by atoms with E-state index >= 15 is 0 Å². The fraction of sp³-hybridized carbons (Fsp3) is 0.917. The lowest BCUT2D eigenvalue weighted by Crippen LogP contribution is -2.35. The van der Waals surface area contributed by atoms with Crippen LogP contribution in [0.15, 0.2) is 0 Å². The van der Waals surface area contributed by atoms with Crippen molar-refractivity contribution in [1.82, 2.24) is 4.90 Å². The second-order valence-corrected chi connectivity index (χ2v) is 5.65. The van der Waals surface area contributed by atoms with Crippen molar-refractivity contribution in [3.63, 3.8) is 0 Å². The summed E-state index contributed by atoms with van der Waals surface area (Å²) in [5.74, 6) is 1.16. The van der Waals surface area contributed by atoms with Gasteiger partial charge in [-0.25, -0.2) is 0 Å². The van der Waals surface area contributed by atoms with E-state index in [0.29, 0.717) is 11.9 Å². The molecule has 1 aliphatic heterocycles. The standard InChI is InChI=1S/C12H20BrNO/c13-7-1-3-11-4-2-8-14(11)12(15)9-10-5-6-10/h10-11H,1-9H2. The molecule has 2 aliphatic rings. The largest absolute Gasteiger partial charge is 0.340 e. The fourth-order valence-corrected chi connectivity index (χ4v) is 2.79. The predicted octanol–water partition coefficient (Wildman–Crippen LogP) is 2.95. The number of alkyl halides is 1. The van der Waals surface area contributed by atoms with E-state index in [1.807, 2.05) is 0 Å². The SMILES string of the molecule is O=C(CC1CC1)N1CCCC1CCCBr. The molecular formula is C12H20BrNO. The van der Waals surface area contributed by atoms with E-state index < -0.39 is 0 Å². The summed E-state index contributed by atoms with van der Waals surface area (Å²) in [5, 5.41) is 1.06. The zero-order valence-corrected chi connectivity index (χ0v) is 10.8. The number of carbonyl (C=O) groups is 1. The Balaban J connectivity index is 1.79. The van der Waals surface area contributed by atoms with Gasteiger partial charge in [0.1, 0.15) is 0 Å². The minimum atomic E-state index is 0.426. The highest BCUT2D eigenvalue weighted by Crippen LogP contribution is 2.34. The first-order valence-electron chi connectivity index (χ1n) is 6.16. The van der Waals surface area contributed by atoms with Crippen molar-refractivity contribution in [2.75, 3.05) is 11.9 Å². The first-order chi connectivity index (χ1) is 7.31. The molecular weight excluding hydrogens is 254 g/mol. The van der Waals surface area contributed by atoms with Crippen LogP contribution in [-0.4, -0.2) is 28.7 Å². The molecule has 1 saturated heterocycles. The van der Waals surface area contributed by atoms with Crippen LogP contribution in [-0.2, 0) is 4.79 Å². The van der Waals surface area contributed by atoms with Gasteiger partial charge in [-0.3, -0.25) is 4.79 Å². The minimum Gasteiger partial charge on any atom is -0.340 e. The molecule has 1 unspecified atom stereocenters. The molecule has 2 fully saturated rings. The third-order valence-corrected chi connectivity index (χ3v) is 4.09. The summed E-state index contributed by atoms with van der Waals surface area (Å²) in [6.45, 7) is 1.01. The zero-order chi connectivity index (χ0) is 10.7. The van der Waals surface area contributed by atoms with Crippen molar-refractivity contribution >= 4 is 21.8 Å². The zero-order valence-electron chi connectivity index (χ0n) is 9.25. The van der Waals surface area contributed by atoms with Crippen LogP contribution in [0.3, 0.4) is 0 Å². The number of halogens is 1. The van der Waals surface area contributed by atoms with Crippen LogP contribution >= 0.6 is 15.9 Å². The molecule has 3 heteroatoms. The Kier molecular flexibility index (Phi) is 4.06. The van der Waals surface area contributed by atoms with Crippen molar-refractivity contribution in [2.24, 2.45) is 5.92 Å². The Morgan fingerprint density at radius 3 is 2.80 bits per heavy atom. The van der Waals surface area contributed by atoms with Gasteiger partial charge in [0.25, 0.3) is 0 Å². The third kappa shape index (κ3) is 3.20. The summed E-state index contributed by atoms with van der Waals surface area (Å²) in [6, 6.07) is 0.550. The number of hydrogen-bond donors (Lipinski definition) is 0. The Labute approximate surface area is 101 Å². The van der Waals surface area contributed by atoms with Crippen LogP contribution < -0.4 is 0 Å². The van der Waals surface area contributed by atoms with Crippen molar-refractivity contribution in [3.05, 3.63) is 0 Å². The quantitative estimate of drug-likeness (QED) is 0.706. The molecule has 0 spiro atoms. The van der Waals surface area contributed by atoms with Gasteiger partial charge in [-0.1, -0.05) is 15.9 Å². The van der Waals surface area contributed by atoms with Crippen molar-refractivity contribution in [3.8, 4) is 0 Å². The number of rotatable bonds is 5. The van der Waals surface area contributed by atoms with Gasteiger partial charge in [-0.2, -0.15) is 0 Å². The molecule has 0 bridgehead atoms. The summed E-state index contributed by atoms with van der Waals surface area (Å²) in [4.78, 5) is 14.1. The summed E-state index contributed by atoms with van der Waals surface area (Å²) in [5.41, 5.74) is 0. The van der Waals surface area contributed by atoms with Crippen LogP contribution in [0, 0.1) is 5.92 Å². The highest BCUT2D eigenvalue weighted by atomic mass is 79.9. The van der Waals surface area contributed by atoms with E-state index in [2.05, 4.69) is 20.8 Å². The average molecular weight is 274 g/mol. The van der Waals surface area contributed by atoms with E-state index in [9.17, 15) is 4.79 Å². The van der Waals surface area contributed by atoms with Crippen LogP contribution in [0.25, 0.3) is 0 Å². The van der Waals surface area contributed by atoms with E-state index in [4.69, 9.17) is 0 Å². The Morgan fingerprint density at radius 1 is 1.33 bits per heavy atom. The van der Waals surface area contributed by atoms with Gasteiger partial charge in [0.2, 0.25) is 5.91 Å². The molecule has 0 N–H and O–H groups in total. The van der Waals surface area contributed by atoms with Crippen LogP contribution in [0.5, 0.6) is 0 Å². The van der Waals surface area contributed by atoms with Gasteiger partial charge in [-0.15, -0.1) is 0 Å². The van der Waals surface area contributed by atoms with E-state index in [-0.39, 0.29) is 0 Å². The number of amides is 1. The lowest BCUT2D eigenvalue weighted by Gasteiger charge is -2.24. The number of carbonyl (C=O) groups excluding carboxylic acids is 1. The third-order valence-electron chi connectivity index (χ3n) is 3.53. The molecule has 0 radical (unpaired) electrons. The summed E-state index contributed by atoms with van der Waals surface area (Å²) in [7, 11) is 0. The Bertz CT molecular complexity index is 228. The lowest BCUT2D eigenvalue weighted by molar-refractivity contribution is -0.132.